The van der Waals surface area contributed by atoms with Gasteiger partial charge in [0.2, 0.25) is 0 Å². The summed E-state index contributed by atoms with van der Waals surface area (Å²) in [4.78, 5) is 7.87. The maximum atomic E-state index is 3.94. The Labute approximate surface area is 36.2 Å². The first-order valence-electron chi connectivity index (χ1n) is 1.32. The summed E-state index contributed by atoms with van der Waals surface area (Å²) in [6, 6.07) is 0. The molecule has 0 radical (unpaired) electrons. The van der Waals surface area contributed by atoms with Crippen LogP contribution in [-0.4, -0.2) is 15.2 Å². The molecule has 0 aromatic heterocycles. The van der Waals surface area contributed by atoms with Gasteiger partial charge in [0.25, 0.3) is 0 Å². The van der Waals surface area contributed by atoms with Gasteiger partial charge in [-0.05, 0) is 5.04 Å². The minimum absolute atomic E-state index is 1.30. The zero-order chi connectivity index (χ0) is 4.83. The van der Waals surface area contributed by atoms with Crippen LogP contribution in [0.25, 0.3) is 0 Å². The van der Waals surface area contributed by atoms with Crippen LogP contribution in [0, 0.1) is 0 Å². The van der Waals surface area contributed by atoms with E-state index < -0.39 is 0 Å². The van der Waals surface area contributed by atoms with Gasteiger partial charge in [-0.25, -0.2) is 4.89 Å². The van der Waals surface area contributed by atoms with Gasteiger partial charge >= 0.3 is 8.05 Å². The summed E-state index contributed by atoms with van der Waals surface area (Å²) in [5.41, 5.74) is 0. The van der Waals surface area contributed by atoms with Gasteiger partial charge < -0.3 is 0 Å². The van der Waals surface area contributed by atoms with Crippen molar-refractivity contribution in [1.29, 1.82) is 0 Å². The second-order valence-corrected chi connectivity index (χ2v) is 0.469. The molecule has 0 fully saturated rings. The molecule has 0 saturated carbocycles. The van der Waals surface area contributed by atoms with E-state index in [1.54, 1.807) is 0 Å². The van der Waals surface area contributed by atoms with E-state index in [-0.39, 0.29) is 0 Å². The first-order valence-corrected chi connectivity index (χ1v) is 1.32. The third-order valence-electron chi connectivity index (χ3n) is 0.164. The topological polar surface area (TPSA) is 36.9 Å². The van der Waals surface area contributed by atoms with Gasteiger partial charge in [0.1, 0.15) is 0 Å². The predicted octanol–water partition coefficient (Wildman–Crippen LogP) is -1.02. The summed E-state index contributed by atoms with van der Waals surface area (Å²) in [6.45, 7) is 0. The van der Waals surface area contributed by atoms with Crippen LogP contribution < -0.4 is 0 Å². The first-order chi connectivity index (χ1) is 2.91. The lowest BCUT2D eigenvalue weighted by atomic mass is 10.6. The zero-order valence-electron chi connectivity index (χ0n) is 3.63. The molecular formula is CH5BO4. The minimum Gasteiger partial charge on any atom is -0.283 e. The standard InChI is InChI=1S/CH5BO4/c1-3-5-6-4-2/h2H2,1H3. The van der Waals surface area contributed by atoms with Crippen molar-refractivity contribution in [2.24, 2.45) is 0 Å². The predicted molar refractivity (Wildman–Crippen MR) is 18.8 cm³/mol. The fourth-order valence-electron chi connectivity index (χ4n) is 0.0556. The Morgan fingerprint density at radius 1 is 1.33 bits per heavy atom. The molecule has 0 atom stereocenters. The average molecular weight is 91.9 g/mol. The fourth-order valence-corrected chi connectivity index (χ4v) is 0.0556. The summed E-state index contributed by atoms with van der Waals surface area (Å²) in [5, 5.41) is 7.52. The molecule has 36 valence electrons. The van der Waals surface area contributed by atoms with E-state index >= 15 is 0 Å². The van der Waals surface area contributed by atoms with Crippen molar-refractivity contribution < 1.29 is 19.8 Å². The van der Waals surface area contributed by atoms with Crippen LogP contribution in [-0.2, 0) is 19.8 Å². The Hall–Kier alpha value is -0.0951. The molecule has 0 aliphatic heterocycles. The molecule has 5 heteroatoms. The smallest absolute Gasteiger partial charge is 0.283 e. The quantitative estimate of drug-likeness (QED) is 0.193. The zero-order valence-corrected chi connectivity index (χ0v) is 3.63. The maximum absolute atomic E-state index is 3.94. The van der Waals surface area contributed by atoms with E-state index in [1.165, 1.54) is 15.2 Å². The second kappa shape index (κ2) is 4.90. The molecule has 6 heavy (non-hydrogen) atoms. The lowest BCUT2D eigenvalue weighted by molar-refractivity contribution is -0.602. The monoisotopic (exact) mass is 92.0 g/mol. The van der Waals surface area contributed by atoms with Crippen molar-refractivity contribution in [3.05, 3.63) is 0 Å². The van der Waals surface area contributed by atoms with Gasteiger partial charge in [0.15, 0.2) is 0 Å². The molecule has 0 rings (SSSR count). The van der Waals surface area contributed by atoms with Gasteiger partial charge in [-0.1, -0.05) is 5.04 Å². The van der Waals surface area contributed by atoms with Crippen molar-refractivity contribution in [2.45, 2.75) is 0 Å². The fraction of sp³-hybridized carbons (Fsp3) is 1.00. The molecule has 0 aliphatic rings. The molecule has 0 aliphatic carbocycles. The lowest BCUT2D eigenvalue weighted by Crippen LogP contribution is -1.90. The molecule has 4 nitrogen and oxygen atoms in total. The van der Waals surface area contributed by atoms with E-state index in [2.05, 4.69) is 19.8 Å². The number of hydrogen-bond acceptors (Lipinski definition) is 4. The van der Waals surface area contributed by atoms with Crippen molar-refractivity contribution >= 4 is 8.05 Å². The Morgan fingerprint density at radius 2 is 2.00 bits per heavy atom. The minimum atomic E-state index is 1.30. The first kappa shape index (κ1) is 5.90. The van der Waals surface area contributed by atoms with Gasteiger partial charge in [0.05, 0.1) is 7.11 Å². The highest BCUT2D eigenvalue weighted by Gasteiger charge is 1.72. The van der Waals surface area contributed by atoms with E-state index in [1.807, 2.05) is 0 Å². The average Bonchev–Trinajstić information content (AvgIpc) is 1.61. The van der Waals surface area contributed by atoms with E-state index in [0.717, 1.165) is 0 Å². The highest BCUT2D eigenvalue weighted by molar-refractivity contribution is 5.97. The molecule has 0 N–H and O–H groups in total. The largest absolute Gasteiger partial charge is 0.310 e. The van der Waals surface area contributed by atoms with Crippen LogP contribution in [0.2, 0.25) is 0 Å². The van der Waals surface area contributed by atoms with Crippen LogP contribution in [0.1, 0.15) is 0 Å². The molecule has 0 saturated heterocycles. The highest BCUT2D eigenvalue weighted by Crippen LogP contribution is 1.72. The van der Waals surface area contributed by atoms with Gasteiger partial charge in [-0.3, -0.25) is 4.81 Å². The summed E-state index contributed by atoms with van der Waals surface area (Å²) >= 11 is 0. The molecule has 0 aromatic carbocycles. The van der Waals surface area contributed by atoms with Crippen molar-refractivity contribution in [2.75, 3.05) is 7.11 Å². The van der Waals surface area contributed by atoms with Crippen LogP contribution in [0.15, 0.2) is 0 Å². The Balaban J connectivity index is 2.34. The van der Waals surface area contributed by atoms with E-state index in [0.29, 0.717) is 0 Å². The van der Waals surface area contributed by atoms with Crippen LogP contribution in [0.4, 0.5) is 0 Å². The summed E-state index contributed by atoms with van der Waals surface area (Å²) in [7, 11) is 2.61. The molecule has 0 aromatic rings. The molecule has 0 spiro atoms. The lowest BCUT2D eigenvalue weighted by Gasteiger charge is -1.90. The second-order valence-electron chi connectivity index (χ2n) is 0.469. The highest BCUT2D eigenvalue weighted by atomic mass is 17.7. The summed E-state index contributed by atoms with van der Waals surface area (Å²) < 4.78 is 0. The van der Waals surface area contributed by atoms with Gasteiger partial charge in [-0.2, -0.15) is 0 Å². The van der Waals surface area contributed by atoms with Crippen molar-refractivity contribution in [3.63, 3.8) is 0 Å². The Morgan fingerprint density at radius 3 is 2.17 bits per heavy atom. The number of rotatable bonds is 3. The molecular weight excluding hydrogens is 86.8 g/mol. The summed E-state index contributed by atoms with van der Waals surface area (Å²) in [5.74, 6) is 0. The normalized spacial score (nSPS) is 8.83. The van der Waals surface area contributed by atoms with Gasteiger partial charge in [0, 0.05) is 0 Å². The molecule has 0 bridgehead atoms. The van der Waals surface area contributed by atoms with Gasteiger partial charge in [-0.15, -0.1) is 0 Å². The summed E-state index contributed by atoms with van der Waals surface area (Å²) in [6.07, 6.45) is 0. The Kier molecular flexibility index (Phi) is 4.83. The third-order valence-corrected chi connectivity index (χ3v) is 0.164. The van der Waals surface area contributed by atoms with E-state index in [4.69, 9.17) is 0 Å². The maximum Gasteiger partial charge on any atom is 0.310 e. The van der Waals surface area contributed by atoms with Crippen LogP contribution >= 0.6 is 0 Å². The molecule has 0 unspecified atom stereocenters. The SMILES string of the molecule is BOOOOC. The Bertz CT molecular complexity index is 19.5. The molecule has 0 amide bonds. The molecule has 0 heterocycles. The van der Waals surface area contributed by atoms with Crippen molar-refractivity contribution in [1.82, 2.24) is 0 Å². The third kappa shape index (κ3) is 3.90. The number of hydrogen-bond donors (Lipinski definition) is 0. The van der Waals surface area contributed by atoms with Crippen molar-refractivity contribution in [3.8, 4) is 0 Å². The van der Waals surface area contributed by atoms with E-state index in [9.17, 15) is 0 Å². The van der Waals surface area contributed by atoms with Crippen LogP contribution in [0.5, 0.6) is 0 Å². The van der Waals surface area contributed by atoms with Crippen LogP contribution in [0.3, 0.4) is 0 Å².